The van der Waals surface area contributed by atoms with Crippen LogP contribution >= 0.6 is 0 Å². The summed E-state index contributed by atoms with van der Waals surface area (Å²) < 4.78 is 0. The van der Waals surface area contributed by atoms with Gasteiger partial charge in [0.15, 0.2) is 0 Å². The fourth-order valence-corrected chi connectivity index (χ4v) is 5.26. The van der Waals surface area contributed by atoms with E-state index in [4.69, 9.17) is 0 Å². The van der Waals surface area contributed by atoms with Crippen molar-refractivity contribution in [1.82, 2.24) is 4.90 Å². The molecule has 2 aliphatic heterocycles. The number of fused-ring (bicyclic) bond motifs is 3. The molecule has 2 fully saturated rings. The minimum absolute atomic E-state index is 0.0127. The Morgan fingerprint density at radius 1 is 1.25 bits per heavy atom. The second-order valence-corrected chi connectivity index (χ2v) is 8.55. The van der Waals surface area contributed by atoms with E-state index in [-0.39, 0.29) is 30.5 Å². The van der Waals surface area contributed by atoms with Crippen molar-refractivity contribution < 1.29 is 9.90 Å². The molecule has 0 unspecified atom stereocenters. The van der Waals surface area contributed by atoms with E-state index in [0.29, 0.717) is 5.91 Å². The number of carbonyl (C=O) groups excluding carboxylic acids is 1. The Morgan fingerprint density at radius 3 is 2.82 bits per heavy atom. The SMILES string of the molecule is CCCC#Cc1ccc2c(c1)[C@H]1[C@H](CCN1C(=O)C1CCCCC1)[C@@H](CO)N2. The molecule has 1 aliphatic carbocycles. The summed E-state index contributed by atoms with van der Waals surface area (Å²) in [6.07, 6.45) is 8.58. The minimum atomic E-state index is 0.0127. The van der Waals surface area contributed by atoms with E-state index in [1.807, 2.05) is 6.07 Å². The van der Waals surface area contributed by atoms with Gasteiger partial charge in [-0.2, -0.15) is 0 Å². The van der Waals surface area contributed by atoms with Crippen LogP contribution in [0.3, 0.4) is 0 Å². The van der Waals surface area contributed by atoms with Crippen molar-refractivity contribution in [1.29, 1.82) is 0 Å². The maximum Gasteiger partial charge on any atom is 0.226 e. The van der Waals surface area contributed by atoms with E-state index in [2.05, 4.69) is 41.1 Å². The Bertz CT molecular complexity index is 773. The third kappa shape index (κ3) is 3.65. The third-order valence-corrected chi connectivity index (χ3v) is 6.71. The first-order chi connectivity index (χ1) is 13.7. The predicted molar refractivity (Wildman–Crippen MR) is 112 cm³/mol. The van der Waals surface area contributed by atoms with Gasteiger partial charge in [-0.05, 0) is 49.4 Å². The summed E-state index contributed by atoms with van der Waals surface area (Å²) in [6, 6.07) is 6.37. The van der Waals surface area contributed by atoms with Crippen LogP contribution in [0, 0.1) is 23.7 Å². The van der Waals surface area contributed by atoms with Crippen molar-refractivity contribution in [3.05, 3.63) is 29.3 Å². The number of rotatable bonds is 3. The zero-order chi connectivity index (χ0) is 19.5. The number of hydrogen-bond donors (Lipinski definition) is 2. The number of carbonyl (C=O) groups is 1. The van der Waals surface area contributed by atoms with Gasteiger partial charge < -0.3 is 15.3 Å². The van der Waals surface area contributed by atoms with Gasteiger partial charge in [0.2, 0.25) is 5.91 Å². The molecule has 4 nitrogen and oxygen atoms in total. The van der Waals surface area contributed by atoms with Crippen molar-refractivity contribution in [3.63, 3.8) is 0 Å². The summed E-state index contributed by atoms with van der Waals surface area (Å²) in [5.41, 5.74) is 3.25. The maximum atomic E-state index is 13.4. The Balaban J connectivity index is 1.66. The van der Waals surface area contributed by atoms with E-state index in [0.717, 1.165) is 49.9 Å². The molecule has 2 N–H and O–H groups in total. The van der Waals surface area contributed by atoms with E-state index < -0.39 is 0 Å². The molecule has 1 aromatic carbocycles. The lowest BCUT2D eigenvalue weighted by atomic mass is 9.82. The van der Waals surface area contributed by atoms with Crippen LogP contribution in [0.15, 0.2) is 18.2 Å². The number of nitrogens with zero attached hydrogens (tertiary/aromatic N) is 1. The van der Waals surface area contributed by atoms with Crippen molar-refractivity contribution in [3.8, 4) is 11.8 Å². The van der Waals surface area contributed by atoms with E-state index in [1.165, 1.54) is 24.8 Å². The molecule has 28 heavy (non-hydrogen) atoms. The summed E-state index contributed by atoms with van der Waals surface area (Å²) in [5, 5.41) is 13.5. The fraction of sp³-hybridized carbons (Fsp3) is 0.625. The molecule has 1 saturated carbocycles. The van der Waals surface area contributed by atoms with Crippen LogP contribution < -0.4 is 5.32 Å². The quantitative estimate of drug-likeness (QED) is 0.777. The number of amides is 1. The summed E-state index contributed by atoms with van der Waals surface area (Å²) in [4.78, 5) is 15.5. The summed E-state index contributed by atoms with van der Waals surface area (Å²) in [6.45, 7) is 3.04. The number of unbranched alkanes of at least 4 members (excludes halogenated alkanes) is 1. The van der Waals surface area contributed by atoms with E-state index in [9.17, 15) is 9.90 Å². The lowest BCUT2D eigenvalue weighted by Crippen LogP contribution is -2.44. The molecular formula is C24H32N2O2. The zero-order valence-corrected chi connectivity index (χ0v) is 16.9. The maximum absolute atomic E-state index is 13.4. The highest BCUT2D eigenvalue weighted by atomic mass is 16.3. The molecule has 0 radical (unpaired) electrons. The molecular weight excluding hydrogens is 348 g/mol. The van der Waals surface area contributed by atoms with Crippen LogP contribution in [0.1, 0.15) is 75.5 Å². The molecule has 0 spiro atoms. The normalized spacial score (nSPS) is 26.6. The number of benzene rings is 1. The van der Waals surface area contributed by atoms with Crippen LogP contribution in [0.2, 0.25) is 0 Å². The predicted octanol–water partition coefficient (Wildman–Crippen LogP) is 4.09. The first-order valence-electron chi connectivity index (χ1n) is 11.0. The summed E-state index contributed by atoms with van der Waals surface area (Å²) >= 11 is 0. The lowest BCUT2D eigenvalue weighted by Gasteiger charge is -2.40. The van der Waals surface area contributed by atoms with Gasteiger partial charge in [-0.3, -0.25) is 4.79 Å². The molecule has 3 atom stereocenters. The van der Waals surface area contributed by atoms with E-state index >= 15 is 0 Å². The van der Waals surface area contributed by atoms with Gasteiger partial charge in [-0.25, -0.2) is 0 Å². The number of hydrogen-bond acceptors (Lipinski definition) is 3. The molecule has 1 amide bonds. The van der Waals surface area contributed by atoms with Gasteiger partial charge in [0.1, 0.15) is 0 Å². The summed E-state index contributed by atoms with van der Waals surface area (Å²) in [7, 11) is 0. The molecule has 2 heterocycles. The van der Waals surface area contributed by atoms with Gasteiger partial charge in [-0.1, -0.05) is 38.0 Å². The van der Waals surface area contributed by atoms with Gasteiger partial charge in [0.05, 0.1) is 18.7 Å². The zero-order valence-electron chi connectivity index (χ0n) is 16.9. The number of likely N-dealkylation sites (tertiary alicyclic amines) is 1. The molecule has 4 rings (SSSR count). The Kier molecular flexibility index (Phi) is 5.92. The van der Waals surface area contributed by atoms with Crippen molar-refractivity contribution in [2.75, 3.05) is 18.5 Å². The second-order valence-electron chi connectivity index (χ2n) is 8.55. The van der Waals surface area contributed by atoms with Crippen LogP contribution in [0.25, 0.3) is 0 Å². The molecule has 0 bridgehead atoms. The molecule has 150 valence electrons. The number of aliphatic hydroxyl groups excluding tert-OH is 1. The van der Waals surface area contributed by atoms with Crippen LogP contribution in [-0.2, 0) is 4.79 Å². The Morgan fingerprint density at radius 2 is 2.07 bits per heavy atom. The fourth-order valence-electron chi connectivity index (χ4n) is 5.26. The minimum Gasteiger partial charge on any atom is -0.394 e. The average molecular weight is 381 g/mol. The smallest absolute Gasteiger partial charge is 0.226 e. The van der Waals surface area contributed by atoms with Crippen molar-refractivity contribution in [2.45, 2.75) is 70.4 Å². The second kappa shape index (κ2) is 8.57. The first kappa shape index (κ1) is 19.3. The Hall–Kier alpha value is -1.99. The Labute approximate surface area is 168 Å². The van der Waals surface area contributed by atoms with E-state index in [1.54, 1.807) is 0 Å². The first-order valence-corrected chi connectivity index (χ1v) is 11.0. The molecule has 1 saturated heterocycles. The molecule has 0 aromatic heterocycles. The molecule has 3 aliphatic rings. The lowest BCUT2D eigenvalue weighted by molar-refractivity contribution is -0.138. The van der Waals surface area contributed by atoms with Crippen LogP contribution in [-0.4, -0.2) is 35.1 Å². The largest absolute Gasteiger partial charge is 0.394 e. The summed E-state index contributed by atoms with van der Waals surface area (Å²) in [5.74, 6) is 7.30. The van der Waals surface area contributed by atoms with Crippen LogP contribution in [0.5, 0.6) is 0 Å². The van der Waals surface area contributed by atoms with Crippen molar-refractivity contribution >= 4 is 11.6 Å². The standard InChI is InChI=1S/C24H32N2O2/c1-2-3-5-8-17-11-12-21-20(15-17)23-19(22(16-27)25-21)13-14-26(23)24(28)18-9-6-4-7-10-18/h11-12,15,18-19,22-23,25,27H,2-4,6-7,9-10,13-14,16H2,1H3/t19-,22-,23-/m1/s1. The topological polar surface area (TPSA) is 52.6 Å². The highest BCUT2D eigenvalue weighted by Crippen LogP contribution is 2.47. The highest BCUT2D eigenvalue weighted by molar-refractivity contribution is 5.80. The van der Waals surface area contributed by atoms with Gasteiger partial charge in [0, 0.05) is 36.1 Å². The van der Waals surface area contributed by atoms with Gasteiger partial charge >= 0.3 is 0 Å². The molecule has 1 aromatic rings. The van der Waals surface area contributed by atoms with Gasteiger partial charge in [-0.15, -0.1) is 0 Å². The average Bonchev–Trinajstić information content (AvgIpc) is 3.19. The number of anilines is 1. The van der Waals surface area contributed by atoms with Crippen molar-refractivity contribution in [2.24, 2.45) is 11.8 Å². The highest BCUT2D eigenvalue weighted by Gasteiger charge is 2.46. The monoisotopic (exact) mass is 380 g/mol. The van der Waals surface area contributed by atoms with Gasteiger partial charge in [0.25, 0.3) is 0 Å². The number of aliphatic hydroxyl groups is 1. The number of nitrogens with one attached hydrogen (secondary N) is 1. The van der Waals surface area contributed by atoms with Crippen LogP contribution in [0.4, 0.5) is 5.69 Å². The molecule has 4 heteroatoms. The third-order valence-electron chi connectivity index (χ3n) is 6.71.